The SMILES string of the molecule is CC1(C)[C@@H](O[C@@H]2O[C@H](CO)[C@@H](O)[C@H](O)[C@H]2O)CC[C@@]2(C)[C@@H]1[C@H](O)C[C@]1(C)[C@@H]2CC=C2[C@H]3C[C@](C)(CO[C@@H]4O[C@H](CO)[C@@H](O)[C@H](O)[C@H]4O)CC[C@]3(C)[C@@H](O)C[C@]21C. The molecule has 0 aromatic carbocycles. The van der Waals surface area contributed by atoms with Gasteiger partial charge in [-0.1, -0.05) is 60.1 Å². The number of fused-ring (bicyclic) bond motifs is 7. The molecule has 0 aromatic rings. The van der Waals surface area contributed by atoms with Gasteiger partial charge in [-0.05, 0) is 96.2 Å². The molecule has 4 saturated carbocycles. The maximum Gasteiger partial charge on any atom is 0.186 e. The molecule has 0 spiro atoms. The molecular weight excluding hydrogens is 728 g/mol. The average Bonchev–Trinajstić information content (AvgIpc) is 3.13. The lowest BCUT2D eigenvalue weighted by molar-refractivity contribution is -0.334. The minimum Gasteiger partial charge on any atom is -0.394 e. The van der Waals surface area contributed by atoms with Crippen LogP contribution < -0.4 is 0 Å². The molecule has 2 heterocycles. The highest BCUT2D eigenvalue weighted by Crippen LogP contribution is 2.76. The second-order valence-electron chi connectivity index (χ2n) is 20.9. The summed E-state index contributed by atoms with van der Waals surface area (Å²) in [5.74, 6) is 0.00484. The quantitative estimate of drug-likeness (QED) is 0.126. The van der Waals surface area contributed by atoms with E-state index < -0.39 is 104 Å². The van der Waals surface area contributed by atoms with Crippen molar-refractivity contribution in [3.8, 4) is 0 Å². The summed E-state index contributed by atoms with van der Waals surface area (Å²) in [6.07, 6.45) is -7.42. The molecule has 21 atom stereocenters. The summed E-state index contributed by atoms with van der Waals surface area (Å²) in [5, 5.41) is 107. The first-order valence-corrected chi connectivity index (χ1v) is 21.0. The Morgan fingerprint density at radius 1 is 0.679 bits per heavy atom. The van der Waals surface area contributed by atoms with Crippen LogP contribution in [0.5, 0.6) is 0 Å². The minimum absolute atomic E-state index is 0.0213. The maximum absolute atomic E-state index is 12.4. The molecule has 14 heteroatoms. The lowest BCUT2D eigenvalue weighted by Gasteiger charge is -2.72. The van der Waals surface area contributed by atoms with E-state index in [1.54, 1.807) is 0 Å². The summed E-state index contributed by atoms with van der Waals surface area (Å²) in [6, 6.07) is 0. The largest absolute Gasteiger partial charge is 0.394 e. The minimum atomic E-state index is -1.54. The molecule has 7 aliphatic rings. The van der Waals surface area contributed by atoms with Crippen LogP contribution in [0.1, 0.15) is 99.8 Å². The number of hydrogen-bond acceptors (Lipinski definition) is 14. The molecule has 10 N–H and O–H groups in total. The highest BCUT2D eigenvalue weighted by Gasteiger charge is 2.71. The zero-order valence-electron chi connectivity index (χ0n) is 34.2. The number of aliphatic hydroxyl groups is 10. The van der Waals surface area contributed by atoms with Gasteiger partial charge in [0, 0.05) is 5.41 Å². The molecule has 6 fully saturated rings. The van der Waals surface area contributed by atoms with E-state index in [0.29, 0.717) is 25.7 Å². The van der Waals surface area contributed by atoms with Gasteiger partial charge in [0.25, 0.3) is 0 Å². The van der Waals surface area contributed by atoms with Crippen molar-refractivity contribution in [2.75, 3.05) is 19.8 Å². The van der Waals surface area contributed by atoms with Gasteiger partial charge in [-0.25, -0.2) is 0 Å². The molecule has 0 unspecified atom stereocenters. The van der Waals surface area contributed by atoms with Crippen molar-refractivity contribution < 1.29 is 70.0 Å². The number of hydrogen-bond donors (Lipinski definition) is 10. The van der Waals surface area contributed by atoms with E-state index in [-0.39, 0.29) is 46.0 Å². The van der Waals surface area contributed by atoms with Crippen molar-refractivity contribution in [3.05, 3.63) is 11.6 Å². The van der Waals surface area contributed by atoms with Crippen LogP contribution in [0.4, 0.5) is 0 Å². The van der Waals surface area contributed by atoms with Crippen molar-refractivity contribution in [1.82, 2.24) is 0 Å². The molecule has 0 bridgehead atoms. The normalized spacial score (nSPS) is 56.9. The average molecular weight is 799 g/mol. The highest BCUT2D eigenvalue weighted by atomic mass is 16.7. The van der Waals surface area contributed by atoms with Crippen LogP contribution in [-0.2, 0) is 18.9 Å². The Labute approximate surface area is 330 Å². The van der Waals surface area contributed by atoms with Crippen molar-refractivity contribution in [2.24, 2.45) is 50.2 Å². The molecule has 0 radical (unpaired) electrons. The first-order chi connectivity index (χ1) is 26.0. The molecular formula is C42H70O14. The molecule has 7 rings (SSSR count). The Balaban J connectivity index is 1.14. The van der Waals surface area contributed by atoms with Crippen LogP contribution in [0.2, 0.25) is 0 Å². The first-order valence-electron chi connectivity index (χ1n) is 21.0. The molecule has 56 heavy (non-hydrogen) atoms. The lowest BCUT2D eigenvalue weighted by Crippen LogP contribution is -2.69. The Morgan fingerprint density at radius 3 is 1.88 bits per heavy atom. The second kappa shape index (κ2) is 14.7. The number of aliphatic hydroxyl groups excluding tert-OH is 10. The molecule has 2 saturated heterocycles. The van der Waals surface area contributed by atoms with Gasteiger partial charge in [0.05, 0.1) is 38.1 Å². The van der Waals surface area contributed by atoms with Crippen molar-refractivity contribution in [3.63, 3.8) is 0 Å². The van der Waals surface area contributed by atoms with E-state index in [2.05, 4.69) is 54.5 Å². The third kappa shape index (κ3) is 6.34. The van der Waals surface area contributed by atoms with E-state index >= 15 is 0 Å². The summed E-state index contributed by atoms with van der Waals surface area (Å²) in [4.78, 5) is 0. The molecule has 322 valence electrons. The van der Waals surface area contributed by atoms with Crippen molar-refractivity contribution in [1.29, 1.82) is 0 Å². The van der Waals surface area contributed by atoms with Gasteiger partial charge >= 0.3 is 0 Å². The number of allylic oxidation sites excluding steroid dienone is 2. The summed E-state index contributed by atoms with van der Waals surface area (Å²) >= 11 is 0. The fourth-order valence-electron chi connectivity index (χ4n) is 13.8. The molecule has 5 aliphatic carbocycles. The monoisotopic (exact) mass is 798 g/mol. The van der Waals surface area contributed by atoms with Gasteiger partial charge < -0.3 is 70.0 Å². The number of ether oxygens (including phenoxy) is 4. The smallest absolute Gasteiger partial charge is 0.186 e. The van der Waals surface area contributed by atoms with Crippen molar-refractivity contribution in [2.45, 2.75) is 180 Å². The fourth-order valence-corrected chi connectivity index (χ4v) is 13.8. The molecule has 2 aliphatic heterocycles. The fraction of sp³-hybridized carbons (Fsp3) is 0.952. The van der Waals surface area contributed by atoms with Gasteiger partial charge in [0.1, 0.15) is 48.8 Å². The van der Waals surface area contributed by atoms with Gasteiger partial charge in [-0.15, -0.1) is 0 Å². The Kier molecular flexibility index (Phi) is 11.3. The number of rotatable bonds is 7. The van der Waals surface area contributed by atoms with E-state index in [4.69, 9.17) is 18.9 Å². The summed E-state index contributed by atoms with van der Waals surface area (Å²) in [5.41, 5.74) is -1.12. The third-order valence-electron chi connectivity index (χ3n) is 17.4. The van der Waals surface area contributed by atoms with Crippen LogP contribution in [0.15, 0.2) is 11.6 Å². The van der Waals surface area contributed by atoms with Gasteiger partial charge in [0.15, 0.2) is 12.6 Å². The van der Waals surface area contributed by atoms with Crippen LogP contribution in [0.3, 0.4) is 0 Å². The van der Waals surface area contributed by atoms with Gasteiger partial charge in [-0.2, -0.15) is 0 Å². The Morgan fingerprint density at radius 2 is 1.27 bits per heavy atom. The van der Waals surface area contributed by atoms with E-state index in [9.17, 15) is 51.1 Å². The lowest BCUT2D eigenvalue weighted by atomic mass is 9.33. The Hall–Kier alpha value is -0.820. The third-order valence-corrected chi connectivity index (χ3v) is 17.4. The van der Waals surface area contributed by atoms with E-state index in [1.807, 2.05) is 0 Å². The Bertz CT molecular complexity index is 1470. The van der Waals surface area contributed by atoms with Crippen LogP contribution in [0.25, 0.3) is 0 Å². The van der Waals surface area contributed by atoms with Gasteiger partial charge in [0.2, 0.25) is 0 Å². The van der Waals surface area contributed by atoms with E-state index in [0.717, 1.165) is 25.7 Å². The zero-order valence-corrected chi connectivity index (χ0v) is 34.2. The van der Waals surface area contributed by atoms with E-state index in [1.165, 1.54) is 5.57 Å². The van der Waals surface area contributed by atoms with Crippen LogP contribution in [0, 0.1) is 50.2 Å². The standard InChI is InChI=1S/C42H70O14/c1-37(2)27(56-36-33(52)31(50)29(48)24(18-44)55-36)10-11-40(5)25-9-8-20-21-14-38(3,19-53-35-32(51)30(49)28(47)23(17-43)54-35)12-13-39(21,4)26(46)16-41(20,6)42(25,7)15-22(45)34(37)40/h8,21-36,43-52H,9-19H2,1-7H3/t21-,22-,23-,24-,25-,26+,27+,28-,29-,30+,31+,32-,33-,34-,35-,36+,38-,39+,40-,41-,42-/m1/s1. The second-order valence-corrected chi connectivity index (χ2v) is 20.9. The summed E-state index contributed by atoms with van der Waals surface area (Å²) < 4.78 is 24.0. The van der Waals surface area contributed by atoms with Crippen molar-refractivity contribution >= 4 is 0 Å². The summed E-state index contributed by atoms with van der Waals surface area (Å²) in [6.45, 7) is 14.6. The first kappa shape index (κ1) is 43.3. The van der Waals surface area contributed by atoms with Crippen LogP contribution in [-0.4, -0.2) is 151 Å². The zero-order chi connectivity index (χ0) is 41.1. The maximum atomic E-state index is 12.4. The molecule has 0 aromatic heterocycles. The highest BCUT2D eigenvalue weighted by molar-refractivity contribution is 5.35. The van der Waals surface area contributed by atoms with Gasteiger partial charge in [-0.3, -0.25) is 0 Å². The van der Waals surface area contributed by atoms with Crippen LogP contribution >= 0.6 is 0 Å². The predicted molar refractivity (Wildman–Crippen MR) is 200 cm³/mol. The predicted octanol–water partition coefficient (Wildman–Crippen LogP) is 0.731. The molecule has 14 nitrogen and oxygen atoms in total. The topological polar surface area (TPSA) is 239 Å². The summed E-state index contributed by atoms with van der Waals surface area (Å²) in [7, 11) is 0. The molecule has 0 amide bonds.